The molecule has 1 aliphatic heterocycles. The first-order valence-electron chi connectivity index (χ1n) is 8.53. The topological polar surface area (TPSA) is 90.7 Å². The van der Waals surface area contributed by atoms with E-state index in [-0.39, 0.29) is 17.6 Å². The van der Waals surface area contributed by atoms with Crippen LogP contribution in [0.15, 0.2) is 42.5 Å². The summed E-state index contributed by atoms with van der Waals surface area (Å²) in [5, 5.41) is 13.6. The summed E-state index contributed by atoms with van der Waals surface area (Å²) in [5.74, 6) is 2.29. The van der Waals surface area contributed by atoms with Crippen LogP contribution in [-0.4, -0.2) is 29.8 Å². The minimum absolute atomic E-state index is 0.0646. The lowest BCUT2D eigenvalue weighted by Crippen LogP contribution is -2.28. The molecule has 0 saturated heterocycles. The smallest absolute Gasteiger partial charge is 0.269 e. The van der Waals surface area contributed by atoms with Crippen molar-refractivity contribution in [2.45, 2.75) is 18.7 Å². The predicted molar refractivity (Wildman–Crippen MR) is 103 cm³/mol. The number of nitro benzene ring substituents is 1. The van der Waals surface area contributed by atoms with Crippen molar-refractivity contribution in [1.82, 2.24) is 5.32 Å². The molecule has 3 rings (SSSR count). The summed E-state index contributed by atoms with van der Waals surface area (Å²) in [7, 11) is 0. The highest BCUT2D eigenvalue weighted by atomic mass is 32.2. The third kappa shape index (κ3) is 5.13. The number of hydrogen-bond acceptors (Lipinski definition) is 6. The van der Waals surface area contributed by atoms with Crippen LogP contribution in [-0.2, 0) is 10.5 Å². The molecule has 27 heavy (non-hydrogen) atoms. The van der Waals surface area contributed by atoms with Crippen LogP contribution >= 0.6 is 11.8 Å². The number of rotatable bonds is 7. The molecule has 142 valence electrons. The highest BCUT2D eigenvalue weighted by Crippen LogP contribution is 2.32. The maximum Gasteiger partial charge on any atom is 0.269 e. The SMILES string of the molecule is C[C@H](NC(=O)CSCc1ccc([N+](=O)[O-])cc1)c1ccc2c(c1)OCCO2. The van der Waals surface area contributed by atoms with Crippen LogP contribution in [0, 0.1) is 10.1 Å². The Bertz CT molecular complexity index is 825. The average Bonchev–Trinajstić information content (AvgIpc) is 2.68. The van der Waals surface area contributed by atoms with E-state index in [2.05, 4.69) is 5.32 Å². The highest BCUT2D eigenvalue weighted by molar-refractivity contribution is 7.99. The van der Waals surface area contributed by atoms with Gasteiger partial charge in [-0.1, -0.05) is 18.2 Å². The van der Waals surface area contributed by atoms with E-state index >= 15 is 0 Å². The number of benzene rings is 2. The summed E-state index contributed by atoms with van der Waals surface area (Å²) >= 11 is 1.46. The van der Waals surface area contributed by atoms with Gasteiger partial charge >= 0.3 is 0 Å². The first-order chi connectivity index (χ1) is 13.0. The number of carbonyl (C=O) groups excluding carboxylic acids is 1. The molecule has 2 aromatic rings. The molecule has 0 unspecified atom stereocenters. The molecule has 7 nitrogen and oxygen atoms in total. The molecule has 0 spiro atoms. The molecule has 1 heterocycles. The van der Waals surface area contributed by atoms with Gasteiger partial charge in [-0.2, -0.15) is 0 Å². The van der Waals surface area contributed by atoms with Crippen molar-refractivity contribution in [2.24, 2.45) is 0 Å². The lowest BCUT2D eigenvalue weighted by atomic mass is 10.1. The van der Waals surface area contributed by atoms with E-state index in [1.54, 1.807) is 12.1 Å². The van der Waals surface area contributed by atoms with E-state index < -0.39 is 4.92 Å². The molecule has 1 amide bonds. The Labute approximate surface area is 161 Å². The average molecular weight is 388 g/mol. The number of fused-ring (bicyclic) bond motifs is 1. The Morgan fingerprint density at radius 3 is 2.59 bits per heavy atom. The summed E-state index contributed by atoms with van der Waals surface area (Å²) in [4.78, 5) is 22.4. The van der Waals surface area contributed by atoms with E-state index in [1.807, 2.05) is 25.1 Å². The summed E-state index contributed by atoms with van der Waals surface area (Å²) in [5.41, 5.74) is 1.96. The second kappa shape index (κ2) is 8.77. The van der Waals surface area contributed by atoms with Crippen molar-refractivity contribution in [3.05, 3.63) is 63.7 Å². The molecule has 0 bridgehead atoms. The van der Waals surface area contributed by atoms with Crippen molar-refractivity contribution >= 4 is 23.4 Å². The number of nitrogens with zero attached hydrogens (tertiary/aromatic N) is 1. The molecule has 2 aromatic carbocycles. The Kier molecular flexibility index (Phi) is 6.18. The Balaban J connectivity index is 1.46. The monoisotopic (exact) mass is 388 g/mol. The summed E-state index contributed by atoms with van der Waals surface area (Å²) in [6.07, 6.45) is 0. The van der Waals surface area contributed by atoms with Gasteiger partial charge in [-0.25, -0.2) is 0 Å². The minimum Gasteiger partial charge on any atom is -0.486 e. The fourth-order valence-electron chi connectivity index (χ4n) is 2.67. The number of non-ortho nitro benzene ring substituents is 1. The lowest BCUT2D eigenvalue weighted by Gasteiger charge is -2.21. The van der Waals surface area contributed by atoms with Crippen molar-refractivity contribution < 1.29 is 19.2 Å². The number of nitro groups is 1. The molecule has 0 fully saturated rings. The maximum atomic E-state index is 12.2. The normalized spacial score (nSPS) is 13.7. The molecule has 0 aromatic heterocycles. The minimum atomic E-state index is -0.427. The quantitative estimate of drug-likeness (QED) is 0.577. The second-order valence-electron chi connectivity index (χ2n) is 6.11. The zero-order chi connectivity index (χ0) is 19.2. The summed E-state index contributed by atoms with van der Waals surface area (Å²) < 4.78 is 11.1. The van der Waals surface area contributed by atoms with Gasteiger partial charge in [0.2, 0.25) is 5.91 Å². The largest absolute Gasteiger partial charge is 0.486 e. The highest BCUT2D eigenvalue weighted by Gasteiger charge is 2.16. The van der Waals surface area contributed by atoms with Gasteiger partial charge in [0.1, 0.15) is 13.2 Å². The van der Waals surface area contributed by atoms with Crippen molar-refractivity contribution in [3.8, 4) is 11.5 Å². The fraction of sp³-hybridized carbons (Fsp3) is 0.316. The first-order valence-corrected chi connectivity index (χ1v) is 9.68. The number of amides is 1. The van der Waals surface area contributed by atoms with Crippen LogP contribution in [0.5, 0.6) is 11.5 Å². The second-order valence-corrected chi connectivity index (χ2v) is 7.09. The molecule has 8 heteroatoms. The standard InChI is InChI=1S/C19H20N2O5S/c1-13(15-4-7-17-18(10-15)26-9-8-25-17)20-19(22)12-27-11-14-2-5-16(6-3-14)21(23)24/h2-7,10,13H,8-9,11-12H2,1H3,(H,20,22)/t13-/m0/s1. The Morgan fingerprint density at radius 2 is 1.89 bits per heavy atom. The number of nitrogens with one attached hydrogen (secondary N) is 1. The van der Waals surface area contributed by atoms with Gasteiger partial charge in [0.05, 0.1) is 16.7 Å². The zero-order valence-corrected chi connectivity index (χ0v) is 15.7. The van der Waals surface area contributed by atoms with Gasteiger partial charge in [-0.3, -0.25) is 14.9 Å². The summed E-state index contributed by atoms with van der Waals surface area (Å²) in [6, 6.07) is 11.9. The van der Waals surface area contributed by atoms with Gasteiger partial charge in [0.25, 0.3) is 5.69 Å². The van der Waals surface area contributed by atoms with Crippen molar-refractivity contribution in [1.29, 1.82) is 0 Å². The molecular weight excluding hydrogens is 368 g/mol. The molecule has 1 aliphatic rings. The van der Waals surface area contributed by atoms with Gasteiger partial charge in [-0.05, 0) is 30.2 Å². The van der Waals surface area contributed by atoms with Gasteiger partial charge in [0, 0.05) is 17.9 Å². The Hall–Kier alpha value is -2.74. The third-order valence-corrected chi connectivity index (χ3v) is 5.10. The van der Waals surface area contributed by atoms with Crippen LogP contribution in [0.2, 0.25) is 0 Å². The molecular formula is C19H20N2O5S. The van der Waals surface area contributed by atoms with Gasteiger partial charge in [0.15, 0.2) is 11.5 Å². The van der Waals surface area contributed by atoms with E-state index in [9.17, 15) is 14.9 Å². The van der Waals surface area contributed by atoms with E-state index in [0.717, 1.165) is 16.9 Å². The number of hydrogen-bond donors (Lipinski definition) is 1. The third-order valence-electron chi connectivity index (χ3n) is 4.09. The van der Waals surface area contributed by atoms with Gasteiger partial charge in [-0.15, -0.1) is 11.8 Å². The van der Waals surface area contributed by atoms with Crippen LogP contribution in [0.1, 0.15) is 24.1 Å². The van der Waals surface area contributed by atoms with Crippen molar-refractivity contribution in [3.63, 3.8) is 0 Å². The first kappa shape index (κ1) is 19.0. The number of carbonyl (C=O) groups is 1. The lowest BCUT2D eigenvalue weighted by molar-refractivity contribution is -0.384. The fourth-order valence-corrected chi connectivity index (χ4v) is 3.47. The molecule has 0 radical (unpaired) electrons. The number of ether oxygens (including phenoxy) is 2. The molecule has 0 aliphatic carbocycles. The maximum absolute atomic E-state index is 12.2. The van der Waals surface area contributed by atoms with Crippen LogP contribution in [0.25, 0.3) is 0 Å². The Morgan fingerprint density at radius 1 is 1.19 bits per heavy atom. The number of thioether (sulfide) groups is 1. The molecule has 1 N–H and O–H groups in total. The van der Waals surface area contributed by atoms with Gasteiger partial charge < -0.3 is 14.8 Å². The molecule has 0 saturated carbocycles. The van der Waals surface area contributed by atoms with Crippen molar-refractivity contribution in [2.75, 3.05) is 19.0 Å². The van der Waals surface area contributed by atoms with Crippen LogP contribution < -0.4 is 14.8 Å². The molecule has 1 atom stereocenters. The van der Waals surface area contributed by atoms with E-state index in [0.29, 0.717) is 30.5 Å². The van der Waals surface area contributed by atoms with Crippen LogP contribution in [0.3, 0.4) is 0 Å². The predicted octanol–water partition coefficient (Wildman–Crippen LogP) is 3.48. The zero-order valence-electron chi connectivity index (χ0n) is 14.8. The van der Waals surface area contributed by atoms with E-state index in [4.69, 9.17) is 9.47 Å². The van der Waals surface area contributed by atoms with E-state index in [1.165, 1.54) is 23.9 Å². The summed E-state index contributed by atoms with van der Waals surface area (Å²) in [6.45, 7) is 2.99. The van der Waals surface area contributed by atoms with Crippen LogP contribution in [0.4, 0.5) is 5.69 Å².